The molecule has 0 N–H and O–H groups in total. The molecule has 0 aliphatic rings. The average molecular weight is 292 g/mol. The summed E-state index contributed by atoms with van der Waals surface area (Å²) >= 11 is 0. The van der Waals surface area contributed by atoms with E-state index in [-0.39, 0.29) is 5.91 Å². The van der Waals surface area contributed by atoms with Crippen molar-refractivity contribution in [2.75, 3.05) is 7.05 Å². The molecular weight excluding hydrogens is 276 g/mol. The van der Waals surface area contributed by atoms with Gasteiger partial charge in [0.25, 0.3) is 5.91 Å². The first-order valence-electron chi connectivity index (χ1n) is 6.98. The molecule has 3 rings (SSSR count). The summed E-state index contributed by atoms with van der Waals surface area (Å²) in [5, 5.41) is 4.17. The predicted octanol–water partition coefficient (Wildman–Crippen LogP) is 2.54. The molecule has 0 unspecified atom stereocenters. The van der Waals surface area contributed by atoms with Gasteiger partial charge in [0.05, 0.1) is 5.69 Å². The number of rotatable bonds is 4. The van der Waals surface area contributed by atoms with Crippen LogP contribution >= 0.6 is 0 Å². The molecule has 5 heteroatoms. The molecule has 0 saturated heterocycles. The minimum Gasteiger partial charge on any atom is -0.337 e. The lowest BCUT2D eigenvalue weighted by Gasteiger charge is -2.17. The van der Waals surface area contributed by atoms with Crippen LogP contribution in [0.5, 0.6) is 0 Å². The zero-order chi connectivity index (χ0) is 15.4. The van der Waals surface area contributed by atoms with Crippen molar-refractivity contribution in [3.8, 4) is 5.69 Å². The minimum atomic E-state index is -0.0177. The second kappa shape index (κ2) is 6.22. The fourth-order valence-corrected chi connectivity index (χ4v) is 2.24. The highest BCUT2D eigenvalue weighted by atomic mass is 16.2. The van der Waals surface area contributed by atoms with Gasteiger partial charge in [0.2, 0.25) is 0 Å². The van der Waals surface area contributed by atoms with Crippen LogP contribution in [-0.4, -0.2) is 32.6 Å². The van der Waals surface area contributed by atoms with Gasteiger partial charge in [0, 0.05) is 43.9 Å². The maximum Gasteiger partial charge on any atom is 0.253 e. The van der Waals surface area contributed by atoms with Crippen LogP contribution in [0.3, 0.4) is 0 Å². The largest absolute Gasteiger partial charge is 0.337 e. The summed E-state index contributed by atoms with van der Waals surface area (Å²) in [6.45, 7) is 0.535. The van der Waals surface area contributed by atoms with E-state index in [1.165, 1.54) is 0 Å². The normalized spacial score (nSPS) is 10.4. The number of nitrogens with zero attached hydrogens (tertiary/aromatic N) is 4. The summed E-state index contributed by atoms with van der Waals surface area (Å²) in [4.78, 5) is 18.2. The van der Waals surface area contributed by atoms with E-state index in [1.807, 2.05) is 48.7 Å². The molecule has 22 heavy (non-hydrogen) atoms. The average Bonchev–Trinajstić information content (AvgIpc) is 3.10. The van der Waals surface area contributed by atoms with Gasteiger partial charge in [-0.2, -0.15) is 5.10 Å². The first kappa shape index (κ1) is 14.0. The molecule has 0 aliphatic heterocycles. The van der Waals surface area contributed by atoms with Gasteiger partial charge in [-0.25, -0.2) is 4.68 Å². The summed E-state index contributed by atoms with van der Waals surface area (Å²) in [7, 11) is 1.79. The topological polar surface area (TPSA) is 51.0 Å². The van der Waals surface area contributed by atoms with E-state index in [2.05, 4.69) is 10.1 Å². The van der Waals surface area contributed by atoms with Crippen molar-refractivity contribution in [2.24, 2.45) is 0 Å². The molecule has 0 saturated carbocycles. The molecular formula is C17H16N4O. The van der Waals surface area contributed by atoms with Crippen LogP contribution < -0.4 is 0 Å². The Kier molecular flexibility index (Phi) is 3.96. The van der Waals surface area contributed by atoms with Gasteiger partial charge < -0.3 is 4.90 Å². The maximum absolute atomic E-state index is 12.4. The monoisotopic (exact) mass is 292 g/mol. The van der Waals surface area contributed by atoms with E-state index < -0.39 is 0 Å². The molecule has 1 amide bonds. The lowest BCUT2D eigenvalue weighted by molar-refractivity contribution is 0.0785. The van der Waals surface area contributed by atoms with E-state index in [0.717, 1.165) is 11.3 Å². The van der Waals surface area contributed by atoms with Crippen LogP contribution in [0.1, 0.15) is 15.9 Å². The molecule has 0 atom stereocenters. The molecule has 0 spiro atoms. The molecule has 0 fully saturated rings. The fraction of sp³-hybridized carbons (Fsp3) is 0.118. The van der Waals surface area contributed by atoms with Crippen molar-refractivity contribution in [3.63, 3.8) is 0 Å². The molecule has 2 heterocycles. The van der Waals surface area contributed by atoms with Gasteiger partial charge in [-0.05, 0) is 42.0 Å². The third-order valence-electron chi connectivity index (χ3n) is 3.37. The molecule has 3 aromatic rings. The highest BCUT2D eigenvalue weighted by molar-refractivity contribution is 5.94. The Hall–Kier alpha value is -2.95. The number of aromatic nitrogens is 3. The highest BCUT2D eigenvalue weighted by Crippen LogP contribution is 2.11. The summed E-state index contributed by atoms with van der Waals surface area (Å²) in [5.41, 5.74) is 2.59. The number of carbonyl (C=O) groups is 1. The second-order valence-electron chi connectivity index (χ2n) is 5.02. The Morgan fingerprint density at radius 3 is 2.59 bits per heavy atom. The van der Waals surface area contributed by atoms with Crippen LogP contribution in [-0.2, 0) is 6.54 Å². The Morgan fingerprint density at radius 1 is 1.14 bits per heavy atom. The van der Waals surface area contributed by atoms with Crippen LogP contribution in [0.25, 0.3) is 5.69 Å². The van der Waals surface area contributed by atoms with Gasteiger partial charge in [0.1, 0.15) is 0 Å². The van der Waals surface area contributed by atoms with E-state index >= 15 is 0 Å². The van der Waals surface area contributed by atoms with Crippen molar-refractivity contribution >= 4 is 5.91 Å². The number of benzene rings is 1. The highest BCUT2D eigenvalue weighted by Gasteiger charge is 2.12. The third-order valence-corrected chi connectivity index (χ3v) is 3.37. The third kappa shape index (κ3) is 3.03. The SMILES string of the molecule is CN(Cc1cccnc1)C(=O)c1ccc(-n2cccn2)cc1. The lowest BCUT2D eigenvalue weighted by atomic mass is 10.1. The van der Waals surface area contributed by atoms with Gasteiger partial charge in [-0.3, -0.25) is 9.78 Å². The fourth-order valence-electron chi connectivity index (χ4n) is 2.24. The Morgan fingerprint density at radius 2 is 1.95 bits per heavy atom. The standard InChI is InChI=1S/C17H16N4O/c1-20(13-14-4-2-9-18-12-14)17(22)15-5-7-16(8-6-15)21-11-3-10-19-21/h2-12H,13H2,1H3. The summed E-state index contributed by atoms with van der Waals surface area (Å²) in [6, 6.07) is 13.1. The minimum absolute atomic E-state index is 0.0177. The molecule has 110 valence electrons. The zero-order valence-corrected chi connectivity index (χ0v) is 12.3. The quantitative estimate of drug-likeness (QED) is 0.742. The van der Waals surface area contributed by atoms with Crippen molar-refractivity contribution in [1.29, 1.82) is 0 Å². The van der Waals surface area contributed by atoms with E-state index in [4.69, 9.17) is 0 Å². The number of hydrogen-bond acceptors (Lipinski definition) is 3. The van der Waals surface area contributed by atoms with Crippen molar-refractivity contribution in [1.82, 2.24) is 19.7 Å². The Balaban J connectivity index is 1.72. The van der Waals surface area contributed by atoms with Crippen molar-refractivity contribution in [3.05, 3.63) is 78.4 Å². The number of hydrogen-bond donors (Lipinski definition) is 0. The van der Waals surface area contributed by atoms with E-state index in [9.17, 15) is 4.79 Å². The number of pyridine rings is 1. The van der Waals surface area contributed by atoms with Gasteiger partial charge >= 0.3 is 0 Å². The number of amides is 1. The maximum atomic E-state index is 12.4. The Labute approximate surface area is 128 Å². The predicted molar refractivity (Wildman–Crippen MR) is 83.6 cm³/mol. The second-order valence-corrected chi connectivity index (χ2v) is 5.02. The lowest BCUT2D eigenvalue weighted by Crippen LogP contribution is -2.26. The first-order valence-corrected chi connectivity index (χ1v) is 6.98. The van der Waals surface area contributed by atoms with Crippen LogP contribution in [0.15, 0.2) is 67.3 Å². The smallest absolute Gasteiger partial charge is 0.253 e. The van der Waals surface area contributed by atoms with Crippen LogP contribution in [0.4, 0.5) is 0 Å². The van der Waals surface area contributed by atoms with E-state index in [0.29, 0.717) is 12.1 Å². The van der Waals surface area contributed by atoms with E-state index in [1.54, 1.807) is 35.2 Å². The molecule has 0 bridgehead atoms. The summed E-state index contributed by atoms with van der Waals surface area (Å²) < 4.78 is 1.76. The Bertz CT molecular complexity index is 736. The first-order chi connectivity index (χ1) is 10.7. The molecule has 0 aliphatic carbocycles. The van der Waals surface area contributed by atoms with Crippen LogP contribution in [0, 0.1) is 0 Å². The number of carbonyl (C=O) groups excluding carboxylic acids is 1. The molecule has 1 aromatic carbocycles. The summed E-state index contributed by atoms with van der Waals surface area (Å²) in [5.74, 6) is -0.0177. The summed E-state index contributed by atoms with van der Waals surface area (Å²) in [6.07, 6.45) is 7.08. The van der Waals surface area contributed by atoms with Crippen LogP contribution in [0.2, 0.25) is 0 Å². The zero-order valence-electron chi connectivity index (χ0n) is 12.3. The van der Waals surface area contributed by atoms with Gasteiger partial charge in [-0.1, -0.05) is 6.07 Å². The molecule has 5 nitrogen and oxygen atoms in total. The van der Waals surface area contributed by atoms with Gasteiger partial charge in [-0.15, -0.1) is 0 Å². The van der Waals surface area contributed by atoms with Crippen molar-refractivity contribution in [2.45, 2.75) is 6.54 Å². The molecule has 2 aromatic heterocycles. The molecule has 0 radical (unpaired) electrons. The van der Waals surface area contributed by atoms with Gasteiger partial charge in [0.15, 0.2) is 0 Å². The van der Waals surface area contributed by atoms with Crippen molar-refractivity contribution < 1.29 is 4.79 Å².